The van der Waals surface area contributed by atoms with Crippen LogP contribution in [0.15, 0.2) is 59.0 Å². The molecule has 4 heterocycles. The monoisotopic (exact) mass is 612 g/mol. The first-order valence-corrected chi connectivity index (χ1v) is 14.7. The summed E-state index contributed by atoms with van der Waals surface area (Å²) in [7, 11) is 2.73. The minimum absolute atomic E-state index is 0.172. The molecule has 0 aliphatic carbocycles. The van der Waals surface area contributed by atoms with E-state index in [-0.39, 0.29) is 36.6 Å². The van der Waals surface area contributed by atoms with Crippen LogP contribution >= 0.6 is 0 Å². The van der Waals surface area contributed by atoms with Crippen LogP contribution in [-0.4, -0.2) is 47.9 Å². The fourth-order valence-electron chi connectivity index (χ4n) is 5.81. The fraction of sp³-hybridized carbons (Fsp3) is 0.314. The van der Waals surface area contributed by atoms with Crippen molar-refractivity contribution in [3.05, 3.63) is 104 Å². The van der Waals surface area contributed by atoms with E-state index in [4.69, 9.17) is 9.47 Å². The summed E-state index contributed by atoms with van der Waals surface area (Å²) in [5.41, 5.74) is 11.1. The minimum Gasteiger partial charge on any atom is -0.469 e. The number of aromatic amines is 2. The van der Waals surface area contributed by atoms with Crippen LogP contribution in [-0.2, 0) is 47.9 Å². The summed E-state index contributed by atoms with van der Waals surface area (Å²) in [6.07, 6.45) is 8.69. The molecule has 2 aliphatic rings. The van der Waals surface area contributed by atoms with E-state index in [0.717, 1.165) is 56.2 Å². The second kappa shape index (κ2) is 13.7. The number of nitrogens with one attached hydrogen (secondary N) is 4. The number of methoxy groups -OCH3 is 2. The van der Waals surface area contributed by atoms with Gasteiger partial charge in [-0.1, -0.05) is 25.3 Å². The highest BCUT2D eigenvalue weighted by Gasteiger charge is 2.25. The number of hydrogen-bond donors (Lipinski definition) is 4. The Bertz CT molecular complexity index is 1740. The largest absolute Gasteiger partial charge is 0.469 e. The third-order valence-electron chi connectivity index (χ3n) is 8.55. The van der Waals surface area contributed by atoms with E-state index in [1.807, 2.05) is 32.9 Å². The Labute approximate surface area is 263 Å². The van der Waals surface area contributed by atoms with Gasteiger partial charge in [0.15, 0.2) is 0 Å². The normalized spacial score (nSPS) is 16.5. The van der Waals surface area contributed by atoms with E-state index in [0.29, 0.717) is 41.8 Å². The number of carbonyl (C=O) groups is 4. The summed E-state index contributed by atoms with van der Waals surface area (Å²) in [5, 5.41) is 5.81. The SMILES string of the molecule is C=CC1=C(C)C(=O)NC1=Cc1[nH]c(Cc2[nH]c(/C=C3\NC(=O)C(C=C)=C3C)c(C)c2CCC(=O)OC)c(CCC(=O)OC)c1C. The zero-order valence-electron chi connectivity index (χ0n) is 26.7. The van der Waals surface area contributed by atoms with E-state index in [2.05, 4.69) is 33.8 Å². The van der Waals surface area contributed by atoms with E-state index in [1.54, 1.807) is 19.1 Å². The molecule has 0 radical (unpaired) electrons. The molecule has 0 bridgehead atoms. The lowest BCUT2D eigenvalue weighted by Crippen LogP contribution is -2.15. The minimum atomic E-state index is -0.318. The van der Waals surface area contributed by atoms with Crippen molar-refractivity contribution >= 4 is 35.9 Å². The van der Waals surface area contributed by atoms with Crippen molar-refractivity contribution in [3.8, 4) is 0 Å². The average molecular weight is 613 g/mol. The number of hydrogen-bond acceptors (Lipinski definition) is 6. The molecule has 10 nitrogen and oxygen atoms in total. The maximum atomic E-state index is 12.4. The van der Waals surface area contributed by atoms with Gasteiger partial charge in [0.1, 0.15) is 0 Å². The summed E-state index contributed by atoms with van der Waals surface area (Å²) in [4.78, 5) is 56.1. The van der Waals surface area contributed by atoms with Gasteiger partial charge in [-0.2, -0.15) is 0 Å². The van der Waals surface area contributed by atoms with E-state index >= 15 is 0 Å². The molecule has 2 aromatic rings. The van der Waals surface area contributed by atoms with Gasteiger partial charge in [0.05, 0.1) is 19.9 Å². The number of carbonyl (C=O) groups excluding carboxylic acids is 4. The van der Waals surface area contributed by atoms with Crippen molar-refractivity contribution in [2.45, 2.75) is 59.8 Å². The van der Waals surface area contributed by atoms with E-state index < -0.39 is 0 Å². The van der Waals surface area contributed by atoms with Crippen LogP contribution < -0.4 is 10.6 Å². The predicted octanol–water partition coefficient (Wildman–Crippen LogP) is 4.71. The van der Waals surface area contributed by atoms with Crippen molar-refractivity contribution in [1.82, 2.24) is 20.6 Å². The van der Waals surface area contributed by atoms with Gasteiger partial charge in [0, 0.05) is 64.5 Å². The Morgan fingerprint density at radius 3 is 1.60 bits per heavy atom. The molecule has 0 saturated carbocycles. The lowest BCUT2D eigenvalue weighted by molar-refractivity contribution is -0.141. The molecule has 0 atom stereocenters. The molecule has 0 spiro atoms. The van der Waals surface area contributed by atoms with Crippen LogP contribution in [0.4, 0.5) is 0 Å². The van der Waals surface area contributed by atoms with Crippen molar-refractivity contribution in [2.75, 3.05) is 14.2 Å². The van der Waals surface area contributed by atoms with Crippen molar-refractivity contribution in [3.63, 3.8) is 0 Å². The van der Waals surface area contributed by atoms with Crippen LogP contribution in [0.3, 0.4) is 0 Å². The number of esters is 2. The molecule has 45 heavy (non-hydrogen) atoms. The first-order valence-electron chi connectivity index (χ1n) is 14.7. The van der Waals surface area contributed by atoms with Gasteiger partial charge >= 0.3 is 11.9 Å². The van der Waals surface area contributed by atoms with Gasteiger partial charge < -0.3 is 30.1 Å². The highest BCUT2D eigenvalue weighted by atomic mass is 16.5. The molecule has 0 fully saturated rings. The summed E-state index contributed by atoms with van der Waals surface area (Å²) in [6, 6.07) is 0. The van der Waals surface area contributed by atoms with Crippen LogP contribution in [0.1, 0.15) is 71.7 Å². The molecule has 4 N–H and O–H groups in total. The molecule has 10 heteroatoms. The first-order chi connectivity index (χ1) is 21.4. The Morgan fingerprint density at radius 2 is 1.16 bits per heavy atom. The topological polar surface area (TPSA) is 142 Å². The number of rotatable bonds is 12. The fourth-order valence-corrected chi connectivity index (χ4v) is 5.81. The van der Waals surface area contributed by atoms with Crippen molar-refractivity contribution < 1.29 is 28.7 Å². The molecule has 2 aromatic heterocycles. The first kappa shape index (κ1) is 32.8. The molecule has 0 aromatic carbocycles. The third-order valence-corrected chi connectivity index (χ3v) is 8.55. The second-order valence-corrected chi connectivity index (χ2v) is 11.1. The molecule has 4 rings (SSSR count). The molecule has 0 saturated heterocycles. The molecular weight excluding hydrogens is 572 g/mol. The molecule has 2 aliphatic heterocycles. The standard InChI is InChI=1S/C35H40N4O6/c1-9-22-21(6)34(42)39-29(22)16-27-20(5)25(12-14-33(41)45-8)31(37-27)17-30-24(11-13-32(40)44-7)19(4)26(36-30)15-28-18(3)23(10-2)35(43)38-28/h9-10,15-16,36-37H,1-2,11-14,17H2,3-8H3,(H,38,43)(H,39,42)/b28-15-,29-16?. The van der Waals surface area contributed by atoms with E-state index in [1.165, 1.54) is 14.2 Å². The summed E-state index contributed by atoms with van der Waals surface area (Å²) < 4.78 is 9.83. The van der Waals surface area contributed by atoms with Gasteiger partial charge in [-0.25, -0.2) is 0 Å². The number of amides is 2. The summed E-state index contributed by atoms with van der Waals surface area (Å²) >= 11 is 0. The highest BCUT2D eigenvalue weighted by molar-refractivity contribution is 6.03. The number of aromatic nitrogens is 2. The lowest BCUT2D eigenvalue weighted by Gasteiger charge is -2.08. The van der Waals surface area contributed by atoms with Gasteiger partial charge in [-0.15, -0.1) is 0 Å². The molecule has 2 amide bonds. The van der Waals surface area contributed by atoms with Crippen molar-refractivity contribution in [1.29, 1.82) is 0 Å². The lowest BCUT2D eigenvalue weighted by atomic mass is 9.98. The zero-order valence-corrected chi connectivity index (χ0v) is 26.7. The van der Waals surface area contributed by atoms with Gasteiger partial charge in [0.25, 0.3) is 11.8 Å². The van der Waals surface area contributed by atoms with Crippen LogP contribution in [0.25, 0.3) is 12.2 Å². The smallest absolute Gasteiger partial charge is 0.305 e. The predicted molar refractivity (Wildman–Crippen MR) is 173 cm³/mol. The van der Waals surface area contributed by atoms with Crippen LogP contribution in [0, 0.1) is 13.8 Å². The van der Waals surface area contributed by atoms with Crippen LogP contribution in [0.5, 0.6) is 0 Å². The Hall–Kier alpha value is -5.12. The van der Waals surface area contributed by atoms with Gasteiger partial charge in [-0.05, 0) is 80.5 Å². The molecular formula is C35H40N4O6. The van der Waals surface area contributed by atoms with E-state index in [9.17, 15) is 19.2 Å². The van der Waals surface area contributed by atoms with Crippen LogP contribution in [0.2, 0.25) is 0 Å². The highest BCUT2D eigenvalue weighted by Crippen LogP contribution is 2.31. The number of H-pyrrole nitrogens is 2. The quantitative estimate of drug-likeness (QED) is 0.256. The van der Waals surface area contributed by atoms with Gasteiger partial charge in [0.2, 0.25) is 0 Å². The number of ether oxygens (including phenoxy) is 2. The summed E-state index contributed by atoms with van der Waals surface area (Å²) in [5.74, 6) is -1.01. The number of allylic oxidation sites excluding steroid dienone is 2. The third kappa shape index (κ3) is 6.69. The maximum absolute atomic E-state index is 12.4. The zero-order chi connectivity index (χ0) is 33.0. The summed E-state index contributed by atoms with van der Waals surface area (Å²) in [6.45, 7) is 15.2. The average Bonchev–Trinajstić information content (AvgIpc) is 3.66. The Morgan fingerprint density at radius 1 is 0.689 bits per heavy atom. The molecule has 236 valence electrons. The Balaban J connectivity index is 1.81. The second-order valence-electron chi connectivity index (χ2n) is 11.1. The maximum Gasteiger partial charge on any atom is 0.305 e. The van der Waals surface area contributed by atoms with Gasteiger partial charge in [-0.3, -0.25) is 19.2 Å². The van der Waals surface area contributed by atoms with Crippen molar-refractivity contribution in [2.24, 2.45) is 0 Å². The Kier molecular flexibility index (Phi) is 9.96. The molecule has 0 unspecified atom stereocenters.